The molecule has 0 amide bonds. The molecule has 7 nitrogen and oxygen atoms in total. The van der Waals surface area contributed by atoms with E-state index >= 15 is 0 Å². The van der Waals surface area contributed by atoms with Gasteiger partial charge >= 0.3 is 0 Å². The molecule has 28 heavy (non-hydrogen) atoms. The molecule has 2 fully saturated rings. The van der Waals surface area contributed by atoms with Gasteiger partial charge in [-0.05, 0) is 24.0 Å². The van der Waals surface area contributed by atoms with Crippen molar-refractivity contribution >= 4 is 22.4 Å². The average Bonchev–Trinajstić information content (AvgIpc) is 3.40. The molecule has 154 valence electrons. The van der Waals surface area contributed by atoms with Gasteiger partial charge < -0.3 is 10.1 Å². The van der Waals surface area contributed by atoms with Crippen molar-refractivity contribution in [1.29, 1.82) is 0 Å². The van der Waals surface area contributed by atoms with E-state index in [2.05, 4.69) is 29.5 Å². The Morgan fingerprint density at radius 1 is 1.29 bits per heavy atom. The second kappa shape index (κ2) is 8.92. The molecule has 0 spiro atoms. The zero-order valence-electron chi connectivity index (χ0n) is 16.0. The largest absolute Gasteiger partial charge is 0.379 e. The topological polar surface area (TPSA) is 76.5 Å². The molecule has 4 rings (SSSR count). The summed E-state index contributed by atoms with van der Waals surface area (Å²) in [5.41, 5.74) is 2.26. The van der Waals surface area contributed by atoms with E-state index in [0.717, 1.165) is 18.4 Å². The zero-order valence-corrected chi connectivity index (χ0v) is 17.6. The third-order valence-electron chi connectivity index (χ3n) is 5.43. The van der Waals surface area contributed by atoms with E-state index < -0.39 is 10.0 Å². The smallest absolute Gasteiger partial charge is 0.246 e. The number of aromatic nitrogens is 2. The van der Waals surface area contributed by atoms with Gasteiger partial charge in [0, 0.05) is 32.4 Å². The van der Waals surface area contributed by atoms with Crippen molar-refractivity contribution in [3.8, 4) is 0 Å². The van der Waals surface area contributed by atoms with Crippen LogP contribution in [0.5, 0.6) is 0 Å². The van der Waals surface area contributed by atoms with Crippen LogP contribution in [0.1, 0.15) is 36.6 Å². The number of benzene rings is 1. The van der Waals surface area contributed by atoms with Gasteiger partial charge in [0.15, 0.2) is 0 Å². The Morgan fingerprint density at radius 2 is 2.07 bits per heavy atom. The van der Waals surface area contributed by atoms with Gasteiger partial charge in [0.2, 0.25) is 10.0 Å². The lowest BCUT2D eigenvalue weighted by Gasteiger charge is -2.35. The van der Waals surface area contributed by atoms with Crippen molar-refractivity contribution in [2.75, 3.05) is 32.8 Å². The van der Waals surface area contributed by atoms with E-state index in [-0.39, 0.29) is 29.4 Å². The lowest BCUT2D eigenvalue weighted by Crippen LogP contribution is -2.48. The van der Waals surface area contributed by atoms with Crippen molar-refractivity contribution in [3.63, 3.8) is 0 Å². The molecule has 2 aromatic rings. The molecule has 0 saturated carbocycles. The van der Waals surface area contributed by atoms with Gasteiger partial charge in [0.25, 0.3) is 0 Å². The molecule has 0 radical (unpaired) electrons. The van der Waals surface area contributed by atoms with Gasteiger partial charge in [-0.1, -0.05) is 31.2 Å². The lowest BCUT2D eigenvalue weighted by molar-refractivity contribution is 0.184. The predicted molar refractivity (Wildman–Crippen MR) is 109 cm³/mol. The summed E-state index contributed by atoms with van der Waals surface area (Å²) >= 11 is 0. The summed E-state index contributed by atoms with van der Waals surface area (Å²) in [4.78, 5) is 0.256. The lowest BCUT2D eigenvalue weighted by atomic mass is 10.0. The first kappa shape index (κ1) is 21.3. The molecule has 2 aliphatic heterocycles. The molecule has 3 heterocycles. The van der Waals surface area contributed by atoms with E-state index in [1.54, 1.807) is 15.2 Å². The number of hydrogen-bond acceptors (Lipinski definition) is 5. The number of sulfonamides is 1. The Labute approximate surface area is 172 Å². The number of nitrogens with zero attached hydrogens (tertiary/aromatic N) is 3. The molecule has 9 heteroatoms. The number of hydrogen-bond donors (Lipinski definition) is 1. The number of aryl methyl sites for hydroxylation is 1. The maximum absolute atomic E-state index is 13.3. The molecule has 1 aromatic carbocycles. The van der Waals surface area contributed by atoms with Crippen LogP contribution < -0.4 is 5.32 Å². The maximum atomic E-state index is 13.3. The summed E-state index contributed by atoms with van der Waals surface area (Å²) in [5, 5.41) is 7.62. The minimum atomic E-state index is -3.61. The Morgan fingerprint density at radius 3 is 2.75 bits per heavy atom. The summed E-state index contributed by atoms with van der Waals surface area (Å²) in [7, 11) is -3.61. The summed E-state index contributed by atoms with van der Waals surface area (Å²) in [6.07, 6.45) is 4.94. The normalized spacial score (nSPS) is 23.5. The second-order valence-electron chi connectivity index (χ2n) is 7.10. The first-order valence-corrected chi connectivity index (χ1v) is 11.0. The van der Waals surface area contributed by atoms with Gasteiger partial charge in [-0.25, -0.2) is 8.42 Å². The van der Waals surface area contributed by atoms with Crippen LogP contribution in [0.25, 0.3) is 0 Å². The Kier molecular flexibility index (Phi) is 6.77. The minimum absolute atomic E-state index is 0. The van der Waals surface area contributed by atoms with Gasteiger partial charge in [-0.3, -0.25) is 4.68 Å². The van der Waals surface area contributed by atoms with E-state index in [1.165, 1.54) is 11.8 Å². The zero-order chi connectivity index (χ0) is 18.9. The molecule has 0 aliphatic carbocycles. The van der Waals surface area contributed by atoms with E-state index in [1.807, 2.05) is 12.1 Å². The highest BCUT2D eigenvalue weighted by Crippen LogP contribution is 2.30. The molecule has 2 unspecified atom stereocenters. The summed E-state index contributed by atoms with van der Waals surface area (Å²) in [6, 6.07) is 8.14. The van der Waals surface area contributed by atoms with E-state index in [4.69, 9.17) is 4.74 Å². The van der Waals surface area contributed by atoms with Crippen LogP contribution in [0.3, 0.4) is 0 Å². The van der Waals surface area contributed by atoms with E-state index in [9.17, 15) is 8.42 Å². The van der Waals surface area contributed by atoms with Crippen molar-refractivity contribution in [1.82, 2.24) is 19.4 Å². The molecular formula is C19H27ClN4O3S. The number of nitrogens with one attached hydrogen (secondary N) is 1. The quantitative estimate of drug-likeness (QED) is 0.792. The molecule has 1 aromatic heterocycles. The highest BCUT2D eigenvalue weighted by molar-refractivity contribution is 7.89. The third-order valence-corrected chi connectivity index (χ3v) is 7.29. The summed E-state index contributed by atoms with van der Waals surface area (Å²) in [5.74, 6) is 0. The first-order valence-electron chi connectivity index (χ1n) is 9.53. The molecule has 0 bridgehead atoms. The fourth-order valence-corrected chi connectivity index (χ4v) is 5.31. The Bertz CT molecular complexity index is 879. The highest BCUT2D eigenvalue weighted by Gasteiger charge is 2.35. The molecule has 2 saturated heterocycles. The highest BCUT2D eigenvalue weighted by atomic mass is 35.5. The van der Waals surface area contributed by atoms with Crippen LogP contribution in [0.15, 0.2) is 41.6 Å². The summed E-state index contributed by atoms with van der Waals surface area (Å²) in [6.45, 7) is 5.09. The number of rotatable bonds is 5. The minimum Gasteiger partial charge on any atom is -0.379 e. The van der Waals surface area contributed by atoms with Crippen LogP contribution in [0, 0.1) is 0 Å². The molecular weight excluding hydrogens is 400 g/mol. The fraction of sp³-hybridized carbons (Fsp3) is 0.526. The monoisotopic (exact) mass is 426 g/mol. The Balaban J connectivity index is 0.00000225. The molecule has 2 atom stereocenters. The van der Waals surface area contributed by atoms with Crippen LogP contribution >= 0.6 is 12.4 Å². The van der Waals surface area contributed by atoms with Crippen LogP contribution in [-0.4, -0.2) is 55.4 Å². The SMILES string of the molecule is CCc1ccc(C2CNCCN2S(=O)(=O)c2cnn(C3CCOC3)c2)cc1.Cl. The molecule has 1 N–H and O–H groups in total. The predicted octanol–water partition coefficient (Wildman–Crippen LogP) is 2.16. The second-order valence-corrected chi connectivity index (χ2v) is 8.99. The van der Waals surface area contributed by atoms with Crippen LogP contribution in [-0.2, 0) is 21.2 Å². The fourth-order valence-electron chi connectivity index (χ4n) is 3.75. The van der Waals surface area contributed by atoms with Crippen LogP contribution in [0.2, 0.25) is 0 Å². The first-order chi connectivity index (χ1) is 13.1. The van der Waals surface area contributed by atoms with Crippen molar-refractivity contribution in [2.24, 2.45) is 0 Å². The van der Waals surface area contributed by atoms with Gasteiger partial charge in [-0.2, -0.15) is 9.40 Å². The summed E-state index contributed by atoms with van der Waals surface area (Å²) < 4.78 is 35.4. The standard InChI is InChI=1S/C19H26N4O3S.ClH/c1-2-15-3-5-16(6-4-15)19-12-20-8-9-23(19)27(24,25)18-11-21-22(13-18)17-7-10-26-14-17;/h3-6,11,13,17,19-20H,2,7-10,12,14H2,1H3;1H. The third kappa shape index (κ3) is 4.11. The van der Waals surface area contributed by atoms with Crippen molar-refractivity contribution < 1.29 is 13.2 Å². The van der Waals surface area contributed by atoms with Crippen molar-refractivity contribution in [2.45, 2.75) is 36.7 Å². The van der Waals surface area contributed by atoms with Gasteiger partial charge in [-0.15, -0.1) is 12.4 Å². The number of piperazine rings is 1. The van der Waals surface area contributed by atoms with Gasteiger partial charge in [0.1, 0.15) is 4.90 Å². The van der Waals surface area contributed by atoms with E-state index in [0.29, 0.717) is 32.8 Å². The number of halogens is 1. The van der Waals surface area contributed by atoms with Crippen molar-refractivity contribution in [3.05, 3.63) is 47.8 Å². The van der Waals surface area contributed by atoms with Crippen LogP contribution in [0.4, 0.5) is 0 Å². The Hall–Kier alpha value is -1.45. The number of ether oxygens (including phenoxy) is 1. The average molecular weight is 427 g/mol. The molecule has 2 aliphatic rings. The van der Waals surface area contributed by atoms with Gasteiger partial charge in [0.05, 0.1) is 24.9 Å². The maximum Gasteiger partial charge on any atom is 0.246 e.